The molecule has 0 saturated carbocycles. The molecule has 2 rings (SSSR count). The minimum absolute atomic E-state index is 0.299. The standard InChI is InChI=1S/C13H14N2O2/c1-8-6-11(13(16)17)4-5-12(8)15-10(3)7-9(2)14-15/h4-7H,1-3H3,(H,16,17). The van der Waals surface area contributed by atoms with Crippen molar-refractivity contribution < 1.29 is 9.90 Å². The molecular formula is C13H14N2O2. The Hall–Kier alpha value is -2.10. The number of aryl methyl sites for hydroxylation is 3. The van der Waals surface area contributed by atoms with Gasteiger partial charge in [0, 0.05) is 5.69 Å². The quantitative estimate of drug-likeness (QED) is 0.862. The molecule has 1 aromatic carbocycles. The van der Waals surface area contributed by atoms with E-state index >= 15 is 0 Å². The van der Waals surface area contributed by atoms with Gasteiger partial charge in [0.1, 0.15) is 0 Å². The van der Waals surface area contributed by atoms with Crippen LogP contribution in [0.1, 0.15) is 27.3 Å². The van der Waals surface area contributed by atoms with Crippen molar-refractivity contribution in [3.8, 4) is 5.69 Å². The molecule has 0 aliphatic heterocycles. The molecule has 4 heteroatoms. The smallest absolute Gasteiger partial charge is 0.335 e. The number of hydrogen-bond donors (Lipinski definition) is 1. The normalized spacial score (nSPS) is 10.5. The van der Waals surface area contributed by atoms with Crippen LogP contribution in [0.5, 0.6) is 0 Å². The highest BCUT2D eigenvalue weighted by atomic mass is 16.4. The van der Waals surface area contributed by atoms with E-state index in [1.807, 2.05) is 31.5 Å². The van der Waals surface area contributed by atoms with E-state index in [4.69, 9.17) is 5.11 Å². The van der Waals surface area contributed by atoms with Crippen LogP contribution in [-0.4, -0.2) is 20.9 Å². The van der Waals surface area contributed by atoms with Gasteiger partial charge in [-0.05, 0) is 50.6 Å². The third-order valence-corrected chi connectivity index (χ3v) is 2.68. The Morgan fingerprint density at radius 3 is 2.41 bits per heavy atom. The number of benzene rings is 1. The summed E-state index contributed by atoms with van der Waals surface area (Å²) in [6, 6.07) is 7.04. The molecule has 0 aliphatic carbocycles. The number of carboxylic acid groups (broad SMARTS) is 1. The molecule has 1 heterocycles. The van der Waals surface area contributed by atoms with Crippen LogP contribution in [0, 0.1) is 20.8 Å². The number of aromatic carboxylic acids is 1. The number of hydrogen-bond acceptors (Lipinski definition) is 2. The van der Waals surface area contributed by atoms with Crippen LogP contribution in [0.25, 0.3) is 5.69 Å². The Morgan fingerprint density at radius 1 is 1.24 bits per heavy atom. The highest BCUT2D eigenvalue weighted by molar-refractivity contribution is 5.88. The van der Waals surface area contributed by atoms with Crippen LogP contribution >= 0.6 is 0 Å². The third kappa shape index (κ3) is 2.06. The number of carboxylic acids is 1. The van der Waals surface area contributed by atoms with Crippen LogP contribution < -0.4 is 0 Å². The van der Waals surface area contributed by atoms with Crippen molar-refractivity contribution in [2.24, 2.45) is 0 Å². The summed E-state index contributed by atoms with van der Waals surface area (Å²) < 4.78 is 1.83. The maximum absolute atomic E-state index is 10.8. The predicted octanol–water partition coefficient (Wildman–Crippen LogP) is 2.50. The van der Waals surface area contributed by atoms with Gasteiger partial charge >= 0.3 is 5.97 Å². The molecule has 88 valence electrons. The number of nitrogens with zero attached hydrogens (tertiary/aromatic N) is 2. The maximum atomic E-state index is 10.8. The fourth-order valence-corrected chi connectivity index (χ4v) is 1.90. The molecule has 0 fully saturated rings. The van der Waals surface area contributed by atoms with Crippen molar-refractivity contribution in [2.45, 2.75) is 20.8 Å². The average molecular weight is 230 g/mol. The number of aromatic nitrogens is 2. The molecule has 0 amide bonds. The van der Waals surface area contributed by atoms with E-state index in [2.05, 4.69) is 5.10 Å². The van der Waals surface area contributed by atoms with Crippen molar-refractivity contribution in [3.63, 3.8) is 0 Å². The zero-order valence-electron chi connectivity index (χ0n) is 10.1. The second-order valence-corrected chi connectivity index (χ2v) is 4.15. The van der Waals surface area contributed by atoms with E-state index in [1.54, 1.807) is 18.2 Å². The summed E-state index contributed by atoms with van der Waals surface area (Å²) in [5.74, 6) is -0.909. The van der Waals surface area contributed by atoms with Crippen LogP contribution in [0.2, 0.25) is 0 Å². The molecule has 17 heavy (non-hydrogen) atoms. The SMILES string of the molecule is Cc1cc(C)n(-c2ccc(C(=O)O)cc2C)n1. The first-order valence-electron chi connectivity index (χ1n) is 5.36. The lowest BCUT2D eigenvalue weighted by Gasteiger charge is -2.08. The third-order valence-electron chi connectivity index (χ3n) is 2.68. The van der Waals surface area contributed by atoms with E-state index in [9.17, 15) is 4.79 Å². The molecular weight excluding hydrogens is 216 g/mol. The van der Waals surface area contributed by atoms with Crippen LogP contribution in [0.15, 0.2) is 24.3 Å². The summed E-state index contributed by atoms with van der Waals surface area (Å²) >= 11 is 0. The van der Waals surface area contributed by atoms with E-state index in [1.165, 1.54) is 0 Å². The molecule has 0 saturated heterocycles. The first-order valence-corrected chi connectivity index (χ1v) is 5.36. The zero-order chi connectivity index (χ0) is 12.6. The molecule has 4 nitrogen and oxygen atoms in total. The molecule has 0 spiro atoms. The molecule has 2 aromatic rings. The van der Waals surface area contributed by atoms with Gasteiger partial charge in [-0.2, -0.15) is 5.10 Å². The van der Waals surface area contributed by atoms with Crippen molar-refractivity contribution in [1.29, 1.82) is 0 Å². The van der Waals surface area contributed by atoms with Gasteiger partial charge < -0.3 is 5.11 Å². The van der Waals surface area contributed by atoms with Gasteiger partial charge in [0.15, 0.2) is 0 Å². The highest BCUT2D eigenvalue weighted by Crippen LogP contribution is 2.18. The van der Waals surface area contributed by atoms with Crippen LogP contribution in [0.4, 0.5) is 0 Å². The first kappa shape index (κ1) is 11.4. The van der Waals surface area contributed by atoms with E-state index < -0.39 is 5.97 Å². The Morgan fingerprint density at radius 2 is 1.94 bits per heavy atom. The summed E-state index contributed by atoms with van der Waals surface area (Å²) in [6.07, 6.45) is 0. The fraction of sp³-hybridized carbons (Fsp3) is 0.231. The minimum Gasteiger partial charge on any atom is -0.478 e. The topological polar surface area (TPSA) is 55.1 Å². The summed E-state index contributed by atoms with van der Waals surface area (Å²) in [5.41, 5.74) is 4.10. The van der Waals surface area contributed by atoms with E-state index in [0.29, 0.717) is 5.56 Å². The summed E-state index contributed by atoms with van der Waals surface area (Å²) in [5, 5.41) is 13.3. The maximum Gasteiger partial charge on any atom is 0.335 e. The molecule has 0 radical (unpaired) electrons. The van der Waals surface area contributed by atoms with Gasteiger partial charge in [0.05, 0.1) is 16.9 Å². The summed E-state index contributed by atoms with van der Waals surface area (Å²) in [6.45, 7) is 5.80. The van der Waals surface area contributed by atoms with Gasteiger partial charge in [0.2, 0.25) is 0 Å². The van der Waals surface area contributed by atoms with Gasteiger partial charge in [-0.15, -0.1) is 0 Å². The van der Waals surface area contributed by atoms with Crippen molar-refractivity contribution in [3.05, 3.63) is 46.8 Å². The van der Waals surface area contributed by atoms with Gasteiger partial charge in [0.25, 0.3) is 0 Å². The van der Waals surface area contributed by atoms with Crippen molar-refractivity contribution in [2.75, 3.05) is 0 Å². The molecule has 0 atom stereocenters. The van der Waals surface area contributed by atoms with Crippen LogP contribution in [0.3, 0.4) is 0 Å². The second-order valence-electron chi connectivity index (χ2n) is 4.15. The lowest BCUT2D eigenvalue weighted by atomic mass is 10.1. The van der Waals surface area contributed by atoms with Gasteiger partial charge in [-0.25, -0.2) is 9.48 Å². The minimum atomic E-state index is -0.909. The Bertz CT molecular complexity index is 585. The fourth-order valence-electron chi connectivity index (χ4n) is 1.90. The van der Waals surface area contributed by atoms with Crippen LogP contribution in [-0.2, 0) is 0 Å². The largest absolute Gasteiger partial charge is 0.478 e. The summed E-state index contributed by atoms with van der Waals surface area (Å²) in [7, 11) is 0. The van der Waals surface area contributed by atoms with Crippen molar-refractivity contribution >= 4 is 5.97 Å². The van der Waals surface area contributed by atoms with Gasteiger partial charge in [-0.3, -0.25) is 0 Å². The van der Waals surface area contributed by atoms with E-state index in [-0.39, 0.29) is 0 Å². The molecule has 1 N–H and O–H groups in total. The van der Waals surface area contributed by atoms with E-state index in [0.717, 1.165) is 22.6 Å². The lowest BCUT2D eigenvalue weighted by molar-refractivity contribution is 0.0697. The Labute approximate surface area is 99.5 Å². The molecule has 1 aromatic heterocycles. The van der Waals surface area contributed by atoms with Gasteiger partial charge in [-0.1, -0.05) is 0 Å². The number of carbonyl (C=O) groups is 1. The molecule has 0 aliphatic rings. The predicted molar refractivity (Wildman–Crippen MR) is 64.7 cm³/mol. The molecule has 0 unspecified atom stereocenters. The Kier molecular flexibility index (Phi) is 2.71. The second kappa shape index (κ2) is 4.05. The monoisotopic (exact) mass is 230 g/mol. The molecule has 0 bridgehead atoms. The highest BCUT2D eigenvalue weighted by Gasteiger charge is 2.09. The van der Waals surface area contributed by atoms with Crippen molar-refractivity contribution in [1.82, 2.24) is 9.78 Å². The number of rotatable bonds is 2. The Balaban J connectivity index is 2.54. The summed E-state index contributed by atoms with van der Waals surface area (Å²) in [4.78, 5) is 10.8. The average Bonchev–Trinajstić information content (AvgIpc) is 2.57. The lowest BCUT2D eigenvalue weighted by Crippen LogP contribution is -2.04. The zero-order valence-corrected chi connectivity index (χ0v) is 10.1. The first-order chi connectivity index (χ1) is 7.99.